The molecule has 158 valence electrons. The quantitative estimate of drug-likeness (QED) is 0.473. The van der Waals surface area contributed by atoms with Crippen molar-refractivity contribution >= 4 is 22.5 Å². The van der Waals surface area contributed by atoms with E-state index in [0.717, 1.165) is 46.7 Å². The van der Waals surface area contributed by atoms with E-state index >= 15 is 0 Å². The molecular formula is C25H26N4O2. The molecule has 0 amide bonds. The van der Waals surface area contributed by atoms with Crippen LogP contribution in [0.15, 0.2) is 71.7 Å². The maximum atomic E-state index is 12.8. The Hall–Kier alpha value is -3.54. The summed E-state index contributed by atoms with van der Waals surface area (Å²) >= 11 is 0. The van der Waals surface area contributed by atoms with Crippen molar-refractivity contribution in [3.05, 3.63) is 82.9 Å². The summed E-state index contributed by atoms with van der Waals surface area (Å²) in [5.41, 5.74) is 3.91. The van der Waals surface area contributed by atoms with E-state index in [2.05, 4.69) is 10.3 Å². The SMILES string of the molecule is Cn1c(=O)n(C2CCCC2)c2cc(Nc3ccc(OCc4ccccc4)cc3)ncc21. The van der Waals surface area contributed by atoms with Gasteiger partial charge in [-0.25, -0.2) is 9.78 Å². The van der Waals surface area contributed by atoms with Crippen LogP contribution in [0.1, 0.15) is 37.3 Å². The third kappa shape index (κ3) is 3.93. The Labute approximate surface area is 181 Å². The highest BCUT2D eigenvalue weighted by Crippen LogP contribution is 2.31. The van der Waals surface area contributed by atoms with Crippen LogP contribution in [0.4, 0.5) is 11.5 Å². The van der Waals surface area contributed by atoms with Gasteiger partial charge in [0.1, 0.15) is 18.2 Å². The fourth-order valence-electron chi connectivity index (χ4n) is 4.36. The first-order valence-corrected chi connectivity index (χ1v) is 10.8. The number of aromatic nitrogens is 3. The highest BCUT2D eigenvalue weighted by atomic mass is 16.5. The maximum Gasteiger partial charge on any atom is 0.329 e. The number of hydrogen-bond acceptors (Lipinski definition) is 4. The molecule has 0 atom stereocenters. The summed E-state index contributed by atoms with van der Waals surface area (Å²) in [5, 5.41) is 3.35. The lowest BCUT2D eigenvalue weighted by Gasteiger charge is -2.12. The number of benzene rings is 2. The number of pyridine rings is 1. The molecule has 6 nitrogen and oxygen atoms in total. The van der Waals surface area contributed by atoms with Gasteiger partial charge in [-0.2, -0.15) is 0 Å². The molecule has 2 aromatic carbocycles. The molecule has 1 saturated carbocycles. The molecule has 1 N–H and O–H groups in total. The second-order valence-electron chi connectivity index (χ2n) is 8.13. The molecule has 0 aliphatic heterocycles. The van der Waals surface area contributed by atoms with E-state index in [9.17, 15) is 4.79 Å². The van der Waals surface area contributed by atoms with Gasteiger partial charge < -0.3 is 10.1 Å². The predicted octanol–water partition coefficient (Wildman–Crippen LogP) is 5.17. The number of ether oxygens (including phenoxy) is 1. The number of rotatable bonds is 6. The van der Waals surface area contributed by atoms with Crippen LogP contribution in [0.5, 0.6) is 5.75 Å². The number of anilines is 2. The Kier molecular flexibility index (Phi) is 5.20. The molecule has 31 heavy (non-hydrogen) atoms. The zero-order chi connectivity index (χ0) is 21.2. The molecule has 0 saturated heterocycles. The summed E-state index contributed by atoms with van der Waals surface area (Å²) in [6, 6.07) is 20.2. The topological polar surface area (TPSA) is 61.1 Å². The number of hydrogen-bond donors (Lipinski definition) is 1. The lowest BCUT2D eigenvalue weighted by atomic mass is 10.2. The zero-order valence-corrected chi connectivity index (χ0v) is 17.6. The second-order valence-corrected chi connectivity index (χ2v) is 8.13. The van der Waals surface area contributed by atoms with E-state index in [1.54, 1.807) is 10.8 Å². The largest absolute Gasteiger partial charge is 0.489 e. The summed E-state index contributed by atoms with van der Waals surface area (Å²) < 4.78 is 9.51. The minimum atomic E-state index is 0.0424. The van der Waals surface area contributed by atoms with Crippen molar-refractivity contribution in [3.8, 4) is 5.75 Å². The molecule has 0 unspecified atom stereocenters. The van der Waals surface area contributed by atoms with E-state index in [4.69, 9.17) is 4.74 Å². The third-order valence-electron chi connectivity index (χ3n) is 6.04. The molecule has 2 aromatic heterocycles. The third-order valence-corrected chi connectivity index (χ3v) is 6.04. The average molecular weight is 415 g/mol. The van der Waals surface area contributed by atoms with Crippen molar-refractivity contribution in [2.45, 2.75) is 38.3 Å². The van der Waals surface area contributed by atoms with Crippen LogP contribution in [0, 0.1) is 0 Å². The van der Waals surface area contributed by atoms with Crippen LogP contribution in [0.2, 0.25) is 0 Å². The molecule has 1 aliphatic rings. The normalized spacial score (nSPS) is 14.2. The van der Waals surface area contributed by atoms with Gasteiger partial charge in [0.2, 0.25) is 0 Å². The van der Waals surface area contributed by atoms with Crippen LogP contribution in [0.3, 0.4) is 0 Å². The fourth-order valence-corrected chi connectivity index (χ4v) is 4.36. The molecule has 0 bridgehead atoms. The Morgan fingerprint density at radius 2 is 1.77 bits per heavy atom. The van der Waals surface area contributed by atoms with Crippen molar-refractivity contribution in [3.63, 3.8) is 0 Å². The Morgan fingerprint density at radius 1 is 1.03 bits per heavy atom. The molecule has 0 radical (unpaired) electrons. The van der Waals surface area contributed by atoms with Crippen LogP contribution in [0.25, 0.3) is 11.0 Å². The Balaban J connectivity index is 1.34. The van der Waals surface area contributed by atoms with Gasteiger partial charge in [-0.1, -0.05) is 43.2 Å². The van der Waals surface area contributed by atoms with Gasteiger partial charge in [0, 0.05) is 24.8 Å². The first kappa shape index (κ1) is 19.4. The van der Waals surface area contributed by atoms with Gasteiger partial charge in [0.25, 0.3) is 0 Å². The molecule has 1 fully saturated rings. The molecule has 0 spiro atoms. The molecular weight excluding hydrogens is 388 g/mol. The minimum absolute atomic E-state index is 0.0424. The maximum absolute atomic E-state index is 12.8. The summed E-state index contributed by atoms with van der Waals surface area (Å²) in [4.78, 5) is 17.3. The van der Waals surface area contributed by atoms with Crippen LogP contribution >= 0.6 is 0 Å². The van der Waals surface area contributed by atoms with Crippen molar-refractivity contribution in [2.24, 2.45) is 7.05 Å². The monoisotopic (exact) mass is 414 g/mol. The summed E-state index contributed by atoms with van der Waals surface area (Å²) in [5.74, 6) is 1.54. The van der Waals surface area contributed by atoms with Gasteiger partial charge in [0.05, 0.1) is 17.2 Å². The van der Waals surface area contributed by atoms with Crippen LogP contribution < -0.4 is 15.7 Å². The van der Waals surface area contributed by atoms with Crippen molar-refractivity contribution in [2.75, 3.05) is 5.32 Å². The predicted molar refractivity (Wildman–Crippen MR) is 123 cm³/mol. The highest BCUT2D eigenvalue weighted by Gasteiger charge is 2.23. The van der Waals surface area contributed by atoms with E-state index in [-0.39, 0.29) is 11.7 Å². The summed E-state index contributed by atoms with van der Waals surface area (Å²) in [6.45, 7) is 0.540. The lowest BCUT2D eigenvalue weighted by Crippen LogP contribution is -2.24. The molecule has 6 heteroatoms. The van der Waals surface area contributed by atoms with Crippen molar-refractivity contribution in [1.82, 2.24) is 14.1 Å². The van der Waals surface area contributed by atoms with Crippen LogP contribution in [-0.4, -0.2) is 14.1 Å². The number of imidazole rings is 1. The van der Waals surface area contributed by atoms with E-state index in [0.29, 0.717) is 6.61 Å². The van der Waals surface area contributed by atoms with Crippen molar-refractivity contribution < 1.29 is 4.74 Å². The fraction of sp³-hybridized carbons (Fsp3) is 0.280. The van der Waals surface area contributed by atoms with Crippen LogP contribution in [-0.2, 0) is 13.7 Å². The van der Waals surface area contributed by atoms with Gasteiger partial charge >= 0.3 is 5.69 Å². The molecule has 5 rings (SSSR count). The summed E-state index contributed by atoms with van der Waals surface area (Å²) in [6.07, 6.45) is 6.27. The number of aryl methyl sites for hydroxylation is 1. The number of nitrogens with zero attached hydrogens (tertiary/aromatic N) is 3. The minimum Gasteiger partial charge on any atom is -0.489 e. The Morgan fingerprint density at radius 3 is 2.52 bits per heavy atom. The van der Waals surface area contributed by atoms with E-state index in [1.165, 1.54) is 12.8 Å². The lowest BCUT2D eigenvalue weighted by molar-refractivity contribution is 0.306. The van der Waals surface area contributed by atoms with Gasteiger partial charge in [0.15, 0.2) is 0 Å². The van der Waals surface area contributed by atoms with E-state index < -0.39 is 0 Å². The molecule has 2 heterocycles. The Bertz CT molecular complexity index is 1240. The van der Waals surface area contributed by atoms with Gasteiger partial charge in [-0.15, -0.1) is 0 Å². The zero-order valence-electron chi connectivity index (χ0n) is 17.6. The number of nitrogens with one attached hydrogen (secondary N) is 1. The highest BCUT2D eigenvalue weighted by molar-refractivity contribution is 5.79. The van der Waals surface area contributed by atoms with Gasteiger partial charge in [-0.3, -0.25) is 9.13 Å². The van der Waals surface area contributed by atoms with E-state index in [1.807, 2.05) is 72.3 Å². The smallest absolute Gasteiger partial charge is 0.329 e. The first-order valence-electron chi connectivity index (χ1n) is 10.8. The summed E-state index contributed by atoms with van der Waals surface area (Å²) in [7, 11) is 1.82. The van der Waals surface area contributed by atoms with Gasteiger partial charge in [-0.05, 0) is 42.7 Å². The standard InChI is InChI=1S/C25H26N4O2/c1-28-23-16-26-24(15-22(23)29(25(28)30)20-9-5-6-10-20)27-19-11-13-21(14-12-19)31-17-18-7-3-2-4-8-18/h2-4,7-8,11-16,20H,5-6,9-10,17H2,1H3,(H,26,27). The first-order chi connectivity index (χ1) is 15.2. The molecule has 4 aromatic rings. The second kappa shape index (κ2) is 8.30. The number of fused-ring (bicyclic) bond motifs is 1. The van der Waals surface area contributed by atoms with Crippen molar-refractivity contribution in [1.29, 1.82) is 0 Å². The average Bonchev–Trinajstić information content (AvgIpc) is 3.41. The molecule has 1 aliphatic carbocycles.